The second kappa shape index (κ2) is 4.24. The Morgan fingerprint density at radius 2 is 2.27 bits per heavy atom. The van der Waals surface area contributed by atoms with Gasteiger partial charge in [-0.25, -0.2) is 0 Å². The number of aryl methyl sites for hydroxylation is 1. The summed E-state index contributed by atoms with van der Waals surface area (Å²) in [7, 11) is 0. The van der Waals surface area contributed by atoms with E-state index in [1.54, 1.807) is 0 Å². The van der Waals surface area contributed by atoms with Crippen LogP contribution < -0.4 is 5.73 Å². The second-order valence-electron chi connectivity index (χ2n) is 4.74. The molecule has 1 fully saturated rings. The topological polar surface area (TPSA) is 29.3 Å². The van der Waals surface area contributed by atoms with Gasteiger partial charge in [0.05, 0.1) is 0 Å². The van der Waals surface area contributed by atoms with Crippen LogP contribution in [0.4, 0.5) is 0 Å². The zero-order valence-corrected chi connectivity index (χ0v) is 10.6. The van der Waals surface area contributed by atoms with E-state index < -0.39 is 0 Å². The van der Waals surface area contributed by atoms with Gasteiger partial charge in [-0.05, 0) is 36.8 Å². The fourth-order valence-electron chi connectivity index (χ4n) is 2.33. The molecule has 2 heterocycles. The van der Waals surface area contributed by atoms with E-state index in [-0.39, 0.29) is 0 Å². The van der Waals surface area contributed by atoms with Crippen molar-refractivity contribution in [1.82, 2.24) is 4.90 Å². The lowest BCUT2D eigenvalue weighted by Gasteiger charge is -2.23. The highest BCUT2D eigenvalue weighted by Gasteiger charge is 2.30. The average Bonchev–Trinajstić information content (AvgIpc) is 2.74. The Kier molecular flexibility index (Phi) is 3.14. The first-order valence-corrected chi connectivity index (χ1v) is 6.51. The molecule has 3 heteroatoms. The van der Waals surface area contributed by atoms with Crippen LogP contribution in [0, 0.1) is 12.8 Å². The maximum absolute atomic E-state index is 6.06. The number of nitrogens with two attached hydrogens (primary N) is 1. The summed E-state index contributed by atoms with van der Waals surface area (Å²) in [6.45, 7) is 8.92. The number of likely N-dealkylation sites (tertiary alicyclic amines) is 1. The van der Waals surface area contributed by atoms with Gasteiger partial charge < -0.3 is 5.73 Å². The van der Waals surface area contributed by atoms with Gasteiger partial charge in [-0.3, -0.25) is 4.90 Å². The highest BCUT2D eigenvalue weighted by molar-refractivity contribution is 7.10. The highest BCUT2D eigenvalue weighted by Crippen LogP contribution is 2.31. The van der Waals surface area contributed by atoms with Gasteiger partial charge in [-0.2, -0.15) is 0 Å². The van der Waals surface area contributed by atoms with E-state index in [4.69, 9.17) is 5.73 Å². The average molecular weight is 224 g/mol. The molecule has 0 aliphatic carbocycles. The lowest BCUT2D eigenvalue weighted by atomic mass is 10.1. The fourth-order valence-corrected chi connectivity index (χ4v) is 3.34. The summed E-state index contributed by atoms with van der Waals surface area (Å²) in [5, 5.41) is 2.18. The molecule has 0 amide bonds. The Bertz CT molecular complexity index is 324. The maximum atomic E-state index is 6.06. The summed E-state index contributed by atoms with van der Waals surface area (Å²) in [6.07, 6.45) is 0. The molecular weight excluding hydrogens is 204 g/mol. The van der Waals surface area contributed by atoms with Crippen LogP contribution in [0.1, 0.15) is 30.3 Å². The SMILES string of the molecule is Cc1ccsc1C(C)N1CC(C)C(N)C1. The Labute approximate surface area is 96.1 Å². The van der Waals surface area contributed by atoms with Gasteiger partial charge in [-0.1, -0.05) is 6.92 Å². The molecule has 3 atom stereocenters. The quantitative estimate of drug-likeness (QED) is 0.836. The van der Waals surface area contributed by atoms with Crippen LogP contribution in [0.2, 0.25) is 0 Å². The van der Waals surface area contributed by atoms with E-state index in [1.807, 2.05) is 11.3 Å². The van der Waals surface area contributed by atoms with Crippen LogP contribution in [0.15, 0.2) is 11.4 Å². The van der Waals surface area contributed by atoms with E-state index in [1.165, 1.54) is 10.4 Å². The van der Waals surface area contributed by atoms with Crippen LogP contribution >= 0.6 is 11.3 Å². The van der Waals surface area contributed by atoms with Gasteiger partial charge >= 0.3 is 0 Å². The molecule has 2 rings (SSSR count). The van der Waals surface area contributed by atoms with Crippen molar-refractivity contribution >= 4 is 11.3 Å². The Balaban J connectivity index is 2.10. The normalized spacial score (nSPS) is 29.6. The molecule has 1 saturated heterocycles. The van der Waals surface area contributed by atoms with Gasteiger partial charge in [0.2, 0.25) is 0 Å². The van der Waals surface area contributed by atoms with E-state index in [0.717, 1.165) is 13.1 Å². The van der Waals surface area contributed by atoms with Crippen molar-refractivity contribution < 1.29 is 0 Å². The van der Waals surface area contributed by atoms with Gasteiger partial charge in [0.15, 0.2) is 0 Å². The molecule has 3 unspecified atom stereocenters. The lowest BCUT2D eigenvalue weighted by molar-refractivity contribution is 0.256. The van der Waals surface area contributed by atoms with Crippen LogP contribution in [0.25, 0.3) is 0 Å². The summed E-state index contributed by atoms with van der Waals surface area (Å²) >= 11 is 1.86. The zero-order valence-electron chi connectivity index (χ0n) is 9.73. The zero-order chi connectivity index (χ0) is 11.0. The number of nitrogens with zero attached hydrogens (tertiary/aromatic N) is 1. The van der Waals surface area contributed by atoms with Crippen LogP contribution in [-0.4, -0.2) is 24.0 Å². The molecule has 15 heavy (non-hydrogen) atoms. The van der Waals surface area contributed by atoms with Crippen molar-refractivity contribution in [1.29, 1.82) is 0 Å². The molecule has 0 saturated carbocycles. The van der Waals surface area contributed by atoms with Crippen LogP contribution in [-0.2, 0) is 0 Å². The van der Waals surface area contributed by atoms with E-state index in [9.17, 15) is 0 Å². The standard InChI is InChI=1S/C12H20N2S/c1-8-4-5-15-12(8)10(3)14-6-9(2)11(13)7-14/h4-5,9-11H,6-7,13H2,1-3H3. The Morgan fingerprint density at radius 3 is 2.73 bits per heavy atom. The largest absolute Gasteiger partial charge is 0.326 e. The second-order valence-corrected chi connectivity index (χ2v) is 5.69. The molecule has 1 aliphatic heterocycles. The first-order valence-electron chi connectivity index (χ1n) is 5.63. The summed E-state index contributed by atoms with van der Waals surface area (Å²) in [4.78, 5) is 4.00. The molecule has 2 N–H and O–H groups in total. The predicted molar refractivity (Wildman–Crippen MR) is 66.2 cm³/mol. The number of hydrogen-bond donors (Lipinski definition) is 1. The summed E-state index contributed by atoms with van der Waals surface area (Å²) in [5.74, 6) is 0.632. The molecule has 84 valence electrons. The Morgan fingerprint density at radius 1 is 1.53 bits per heavy atom. The third-order valence-electron chi connectivity index (χ3n) is 3.53. The molecule has 0 aromatic carbocycles. The smallest absolute Gasteiger partial charge is 0.0416 e. The number of thiophene rings is 1. The van der Waals surface area contributed by atoms with Crippen molar-refractivity contribution in [3.63, 3.8) is 0 Å². The minimum atomic E-state index is 0.354. The Hall–Kier alpha value is -0.380. The fraction of sp³-hybridized carbons (Fsp3) is 0.667. The summed E-state index contributed by atoms with van der Waals surface area (Å²) in [5.41, 5.74) is 7.48. The first-order chi connectivity index (χ1) is 7.09. The molecule has 0 spiro atoms. The van der Waals surface area contributed by atoms with Gasteiger partial charge in [0.1, 0.15) is 0 Å². The number of rotatable bonds is 2. The van der Waals surface area contributed by atoms with Gasteiger partial charge in [-0.15, -0.1) is 11.3 Å². The summed E-state index contributed by atoms with van der Waals surface area (Å²) in [6, 6.07) is 3.09. The third kappa shape index (κ3) is 2.10. The number of hydrogen-bond acceptors (Lipinski definition) is 3. The monoisotopic (exact) mass is 224 g/mol. The molecule has 0 radical (unpaired) electrons. The van der Waals surface area contributed by atoms with Gasteiger partial charge in [0, 0.05) is 30.1 Å². The molecule has 0 bridgehead atoms. The molecule has 1 aliphatic rings. The summed E-state index contributed by atoms with van der Waals surface area (Å²) < 4.78 is 0. The van der Waals surface area contributed by atoms with Crippen molar-refractivity contribution in [3.05, 3.63) is 21.9 Å². The minimum absolute atomic E-state index is 0.354. The van der Waals surface area contributed by atoms with E-state index in [2.05, 4.69) is 37.1 Å². The third-order valence-corrected chi connectivity index (χ3v) is 4.72. The molecule has 1 aromatic rings. The maximum Gasteiger partial charge on any atom is 0.0416 e. The van der Waals surface area contributed by atoms with E-state index >= 15 is 0 Å². The van der Waals surface area contributed by atoms with Crippen molar-refractivity contribution in [2.45, 2.75) is 32.9 Å². The van der Waals surface area contributed by atoms with Gasteiger partial charge in [0.25, 0.3) is 0 Å². The minimum Gasteiger partial charge on any atom is -0.326 e. The molecule has 2 nitrogen and oxygen atoms in total. The lowest BCUT2D eigenvalue weighted by Crippen LogP contribution is -2.29. The highest BCUT2D eigenvalue weighted by atomic mass is 32.1. The van der Waals surface area contributed by atoms with Crippen LogP contribution in [0.5, 0.6) is 0 Å². The van der Waals surface area contributed by atoms with E-state index in [0.29, 0.717) is 18.0 Å². The van der Waals surface area contributed by atoms with Crippen molar-refractivity contribution in [2.24, 2.45) is 11.7 Å². The van der Waals surface area contributed by atoms with Crippen LogP contribution in [0.3, 0.4) is 0 Å². The molecular formula is C12H20N2S. The van der Waals surface area contributed by atoms with Crippen molar-refractivity contribution in [3.8, 4) is 0 Å². The first kappa shape index (κ1) is 11.1. The van der Waals surface area contributed by atoms with Crippen molar-refractivity contribution in [2.75, 3.05) is 13.1 Å². The predicted octanol–water partition coefficient (Wildman–Crippen LogP) is 2.40. The molecule has 1 aromatic heterocycles.